The van der Waals surface area contributed by atoms with Crippen LogP contribution in [0, 0.1) is 23.7 Å². The highest BCUT2D eigenvalue weighted by Gasteiger charge is 2.54. The van der Waals surface area contributed by atoms with E-state index < -0.39 is 108 Å². The fourth-order valence-electron chi connectivity index (χ4n) is 8.98. The van der Waals surface area contributed by atoms with E-state index in [1.54, 1.807) is 41.5 Å². The molecule has 0 aromatic carbocycles. The minimum absolute atomic E-state index is 0.0161. The molecule has 3 aliphatic rings. The molecule has 0 bridgehead atoms. The lowest BCUT2D eigenvalue weighted by Gasteiger charge is -2.49. The van der Waals surface area contributed by atoms with E-state index in [-0.39, 0.29) is 50.5 Å². The van der Waals surface area contributed by atoms with E-state index in [9.17, 15) is 35.4 Å². The monoisotopic (exact) mass is 853 g/mol. The summed E-state index contributed by atoms with van der Waals surface area (Å²) >= 11 is 0. The van der Waals surface area contributed by atoms with E-state index in [1.165, 1.54) is 28.1 Å². The molecule has 0 amide bonds. The molecule has 346 valence electrons. The standard InChI is InChI=1S/C41H76N2O16/c1-14-29-41(9,50)34(46)24(4)31(42-54-21-53-16-15-51-12)22(2)18-39(7,49)36(59-38-32(45)28(43(10)11)17-23(3)55-38)25(5)33(27(20-44)37(48)57-29)58-30-19-40(8,52-13)35(47)26(6)56-30/h22-30,32-36,38,44-47,49-50H,14-21H2,1-13H3/b42-31+/t22-,23?,24+,25+,26-,27-,28-,29-,30-,32+,33+,34-,35-,36-,38-,39-,40+,41-/m1/s1. The summed E-state index contributed by atoms with van der Waals surface area (Å²) in [7, 11) is 6.67. The molecule has 0 spiro atoms. The molecular formula is C41H76N2O16. The number of aliphatic hydroxyl groups excluding tert-OH is 4. The summed E-state index contributed by atoms with van der Waals surface area (Å²) in [6.45, 7) is 14.4. The van der Waals surface area contributed by atoms with Gasteiger partial charge >= 0.3 is 5.97 Å². The number of esters is 1. The minimum atomic E-state index is -2.05. The maximum Gasteiger partial charge on any atom is 0.314 e. The minimum Gasteiger partial charge on any atom is -0.459 e. The number of cyclic esters (lactones) is 1. The third kappa shape index (κ3) is 12.5. The van der Waals surface area contributed by atoms with Crippen LogP contribution in [-0.2, 0) is 47.5 Å². The Morgan fingerprint density at radius 1 is 0.932 bits per heavy atom. The van der Waals surface area contributed by atoms with Crippen molar-refractivity contribution in [2.75, 3.05) is 54.9 Å². The zero-order chi connectivity index (χ0) is 44.6. The number of rotatable bonds is 14. The summed E-state index contributed by atoms with van der Waals surface area (Å²) in [5.74, 6) is -5.00. The lowest BCUT2D eigenvalue weighted by Crippen LogP contribution is -2.61. The fourth-order valence-corrected chi connectivity index (χ4v) is 8.98. The number of carbonyl (C=O) groups is 1. The number of aliphatic hydroxyl groups is 6. The van der Waals surface area contributed by atoms with Crippen LogP contribution in [-0.4, -0.2) is 186 Å². The molecule has 18 nitrogen and oxygen atoms in total. The van der Waals surface area contributed by atoms with E-state index >= 15 is 0 Å². The van der Waals surface area contributed by atoms with Gasteiger partial charge in [0.15, 0.2) is 12.6 Å². The molecule has 3 saturated heterocycles. The van der Waals surface area contributed by atoms with Gasteiger partial charge in [-0.05, 0) is 68.0 Å². The molecule has 18 atom stereocenters. The number of methoxy groups -OCH3 is 2. The third-order valence-electron chi connectivity index (χ3n) is 12.6. The highest BCUT2D eigenvalue weighted by molar-refractivity contribution is 5.88. The van der Waals surface area contributed by atoms with Crippen LogP contribution in [0.5, 0.6) is 0 Å². The largest absolute Gasteiger partial charge is 0.459 e. The van der Waals surface area contributed by atoms with Crippen LogP contribution in [0.1, 0.15) is 88.0 Å². The maximum atomic E-state index is 14.4. The number of ether oxygens (including phenoxy) is 8. The van der Waals surface area contributed by atoms with Crippen LogP contribution in [0.15, 0.2) is 5.16 Å². The highest BCUT2D eigenvalue weighted by Crippen LogP contribution is 2.41. The van der Waals surface area contributed by atoms with Crippen molar-refractivity contribution >= 4 is 11.7 Å². The maximum absolute atomic E-state index is 14.4. The quantitative estimate of drug-likeness (QED) is 0.0623. The third-order valence-corrected chi connectivity index (χ3v) is 12.6. The van der Waals surface area contributed by atoms with E-state index in [0.717, 1.165) is 0 Å². The molecule has 0 aromatic rings. The van der Waals surface area contributed by atoms with Crippen molar-refractivity contribution < 1.29 is 78.2 Å². The summed E-state index contributed by atoms with van der Waals surface area (Å²) in [5.41, 5.74) is -4.76. The molecular weight excluding hydrogens is 776 g/mol. The van der Waals surface area contributed by atoms with E-state index in [0.29, 0.717) is 13.0 Å². The average molecular weight is 853 g/mol. The second kappa shape index (κ2) is 22.1. The smallest absolute Gasteiger partial charge is 0.314 e. The Labute approximate surface area is 350 Å². The van der Waals surface area contributed by atoms with Crippen molar-refractivity contribution in [3.8, 4) is 0 Å². The molecule has 0 aliphatic carbocycles. The summed E-state index contributed by atoms with van der Waals surface area (Å²) in [6.07, 6.45) is -10.6. The van der Waals surface area contributed by atoms with E-state index in [4.69, 9.17) is 42.7 Å². The SMILES string of the molecule is CC[C@H]1OC(=O)[C@H](CO)[C@@H](O[C@@H]2C[C@](C)(OC)[C@H](O)[C@@H](C)O2)[C@H](C)[C@@H](O[C@H]2OC(C)C[C@@H](N(C)C)[C@@H]2O)[C@](C)(O)C[C@@H](C)/C(=N\OCOCCOC)[C@H](C)[C@@H](O)[C@]1(C)O. The number of likely N-dealkylation sites (N-methyl/N-ethyl adjacent to an activating group) is 1. The van der Waals surface area contributed by atoms with Crippen molar-refractivity contribution in [3.63, 3.8) is 0 Å². The Balaban J connectivity index is 2.26. The Hall–Kier alpha value is -1.62. The van der Waals surface area contributed by atoms with Gasteiger partial charge in [-0.15, -0.1) is 0 Å². The van der Waals surface area contributed by atoms with Crippen LogP contribution in [0.25, 0.3) is 0 Å². The summed E-state index contributed by atoms with van der Waals surface area (Å²) in [4.78, 5) is 21.8. The van der Waals surface area contributed by atoms with Crippen molar-refractivity contribution in [1.82, 2.24) is 4.90 Å². The van der Waals surface area contributed by atoms with E-state index in [1.807, 2.05) is 25.9 Å². The first-order valence-corrected chi connectivity index (χ1v) is 20.9. The molecule has 1 unspecified atom stereocenters. The predicted molar refractivity (Wildman–Crippen MR) is 214 cm³/mol. The predicted octanol–water partition coefficient (Wildman–Crippen LogP) is 1.18. The lowest BCUT2D eigenvalue weighted by atomic mass is 9.73. The van der Waals surface area contributed by atoms with Gasteiger partial charge in [0.1, 0.15) is 29.8 Å². The summed E-state index contributed by atoms with van der Waals surface area (Å²) in [5, 5.41) is 74.6. The van der Waals surface area contributed by atoms with Crippen LogP contribution in [0.4, 0.5) is 0 Å². The number of nitrogens with zero attached hydrogens (tertiary/aromatic N) is 2. The highest BCUT2D eigenvalue weighted by atomic mass is 16.7. The molecule has 3 heterocycles. The van der Waals surface area contributed by atoms with Crippen LogP contribution >= 0.6 is 0 Å². The Bertz CT molecular complexity index is 1320. The molecule has 3 aliphatic heterocycles. The van der Waals surface area contributed by atoms with Crippen LogP contribution < -0.4 is 0 Å². The molecule has 18 heteroatoms. The van der Waals surface area contributed by atoms with Crippen molar-refractivity contribution in [2.24, 2.45) is 28.8 Å². The van der Waals surface area contributed by atoms with Gasteiger partial charge < -0.3 is 78.3 Å². The van der Waals surface area contributed by atoms with Gasteiger partial charge in [0.2, 0.25) is 6.79 Å². The lowest BCUT2D eigenvalue weighted by molar-refractivity contribution is -0.318. The zero-order valence-corrected chi connectivity index (χ0v) is 37.5. The average Bonchev–Trinajstić information content (AvgIpc) is 3.16. The Morgan fingerprint density at radius 2 is 1.59 bits per heavy atom. The molecule has 59 heavy (non-hydrogen) atoms. The number of oxime groups is 1. The Morgan fingerprint density at radius 3 is 2.17 bits per heavy atom. The van der Waals surface area contributed by atoms with Gasteiger partial charge in [0.05, 0.1) is 67.3 Å². The number of carbonyl (C=O) groups excluding carboxylic acids is 1. The van der Waals surface area contributed by atoms with E-state index in [2.05, 4.69) is 5.16 Å². The van der Waals surface area contributed by atoms with Crippen LogP contribution in [0.2, 0.25) is 0 Å². The second-order valence-electron chi connectivity index (χ2n) is 17.7. The van der Waals surface area contributed by atoms with Gasteiger partial charge in [-0.1, -0.05) is 32.9 Å². The van der Waals surface area contributed by atoms with Gasteiger partial charge in [-0.3, -0.25) is 4.79 Å². The molecule has 3 fully saturated rings. The second-order valence-corrected chi connectivity index (χ2v) is 17.7. The van der Waals surface area contributed by atoms with Gasteiger partial charge in [0, 0.05) is 44.4 Å². The van der Waals surface area contributed by atoms with Crippen LogP contribution in [0.3, 0.4) is 0 Å². The molecule has 6 N–H and O–H groups in total. The summed E-state index contributed by atoms with van der Waals surface area (Å²) < 4.78 is 47.9. The van der Waals surface area contributed by atoms with Crippen molar-refractivity contribution in [1.29, 1.82) is 0 Å². The molecule has 0 saturated carbocycles. The zero-order valence-electron chi connectivity index (χ0n) is 37.5. The Kier molecular flexibility index (Phi) is 19.4. The number of hydrogen-bond donors (Lipinski definition) is 6. The van der Waals surface area contributed by atoms with Crippen molar-refractivity contribution in [3.05, 3.63) is 0 Å². The van der Waals surface area contributed by atoms with Gasteiger partial charge in [-0.25, -0.2) is 0 Å². The van der Waals surface area contributed by atoms with Crippen molar-refractivity contribution in [2.45, 2.75) is 172 Å². The number of hydrogen-bond acceptors (Lipinski definition) is 18. The fraction of sp³-hybridized carbons (Fsp3) is 0.951. The molecule has 0 radical (unpaired) electrons. The van der Waals surface area contributed by atoms with Gasteiger partial charge in [-0.2, -0.15) is 0 Å². The first-order chi connectivity index (χ1) is 27.5. The topological polar surface area (TPSA) is 237 Å². The molecule has 0 aromatic heterocycles. The van der Waals surface area contributed by atoms with Gasteiger partial charge in [0.25, 0.3) is 0 Å². The first kappa shape index (κ1) is 51.7. The first-order valence-electron chi connectivity index (χ1n) is 20.9. The molecule has 3 rings (SSSR count). The summed E-state index contributed by atoms with van der Waals surface area (Å²) in [6, 6.07) is -0.368. The normalized spacial score (nSPS) is 45.3.